The Bertz CT molecular complexity index is 305. The van der Waals surface area contributed by atoms with Crippen LogP contribution in [0.4, 0.5) is 0 Å². The first kappa shape index (κ1) is 15.0. The summed E-state index contributed by atoms with van der Waals surface area (Å²) >= 11 is 0. The molecule has 0 radical (unpaired) electrons. The summed E-state index contributed by atoms with van der Waals surface area (Å²) < 4.78 is 4.68. The fraction of sp³-hybridized carbons (Fsp3) is 0.846. The number of rotatable bonds is 4. The number of ether oxygens (including phenoxy) is 1. The van der Waals surface area contributed by atoms with Crippen molar-refractivity contribution in [3.8, 4) is 0 Å². The number of nitrogens with zero attached hydrogens (tertiary/aromatic N) is 1. The van der Waals surface area contributed by atoms with Crippen LogP contribution in [0.25, 0.3) is 0 Å². The molecule has 0 aliphatic carbocycles. The van der Waals surface area contributed by atoms with Gasteiger partial charge in [0.25, 0.3) is 0 Å². The molecule has 1 aliphatic rings. The van der Waals surface area contributed by atoms with Gasteiger partial charge in [0.15, 0.2) is 0 Å². The van der Waals surface area contributed by atoms with E-state index in [-0.39, 0.29) is 30.3 Å². The Labute approximate surface area is 109 Å². The standard InChI is InChI=1S/C13H24N2O3/c1-9(2)12(14)13(17)15-7-5-4-6-10(15)8-11(16)18-3/h9-10,12H,4-8,14H2,1-3H3. The fourth-order valence-electron chi connectivity index (χ4n) is 2.26. The number of amides is 1. The average Bonchev–Trinajstić information content (AvgIpc) is 2.37. The summed E-state index contributed by atoms with van der Waals surface area (Å²) in [5, 5.41) is 0. The van der Waals surface area contributed by atoms with Gasteiger partial charge in [-0.25, -0.2) is 0 Å². The minimum Gasteiger partial charge on any atom is -0.469 e. The molecule has 0 saturated carbocycles. The highest BCUT2D eigenvalue weighted by Crippen LogP contribution is 2.21. The van der Waals surface area contributed by atoms with E-state index >= 15 is 0 Å². The number of hydrogen-bond acceptors (Lipinski definition) is 4. The van der Waals surface area contributed by atoms with Crippen LogP contribution in [0.15, 0.2) is 0 Å². The van der Waals surface area contributed by atoms with E-state index in [1.807, 2.05) is 13.8 Å². The van der Waals surface area contributed by atoms with Crippen LogP contribution in [0.2, 0.25) is 0 Å². The summed E-state index contributed by atoms with van der Waals surface area (Å²) in [6.45, 7) is 4.56. The summed E-state index contributed by atoms with van der Waals surface area (Å²) in [6, 6.07) is -0.535. The monoisotopic (exact) mass is 256 g/mol. The van der Waals surface area contributed by atoms with Crippen molar-refractivity contribution in [2.24, 2.45) is 11.7 Å². The van der Waals surface area contributed by atoms with Crippen molar-refractivity contribution in [2.45, 2.75) is 51.6 Å². The first-order valence-electron chi connectivity index (χ1n) is 6.60. The van der Waals surface area contributed by atoms with Crippen molar-refractivity contribution >= 4 is 11.9 Å². The maximum absolute atomic E-state index is 12.3. The topological polar surface area (TPSA) is 72.6 Å². The van der Waals surface area contributed by atoms with Crippen molar-refractivity contribution < 1.29 is 14.3 Å². The van der Waals surface area contributed by atoms with Crippen LogP contribution in [0, 0.1) is 5.92 Å². The van der Waals surface area contributed by atoms with Crippen LogP contribution >= 0.6 is 0 Å². The van der Waals surface area contributed by atoms with Gasteiger partial charge in [0.05, 0.1) is 19.6 Å². The van der Waals surface area contributed by atoms with Crippen molar-refractivity contribution in [3.05, 3.63) is 0 Å². The molecule has 0 aromatic carbocycles. The highest BCUT2D eigenvalue weighted by atomic mass is 16.5. The maximum atomic E-state index is 12.3. The molecule has 1 saturated heterocycles. The Morgan fingerprint density at radius 1 is 1.39 bits per heavy atom. The Morgan fingerprint density at radius 2 is 2.06 bits per heavy atom. The molecule has 0 bridgehead atoms. The molecule has 1 aliphatic heterocycles. The molecule has 0 aromatic rings. The molecule has 104 valence electrons. The number of nitrogens with two attached hydrogens (primary N) is 1. The van der Waals surface area contributed by atoms with Gasteiger partial charge >= 0.3 is 5.97 Å². The first-order chi connectivity index (χ1) is 8.47. The molecular formula is C13H24N2O3. The summed E-state index contributed by atoms with van der Waals surface area (Å²) in [6.07, 6.45) is 3.15. The molecule has 2 atom stereocenters. The lowest BCUT2D eigenvalue weighted by molar-refractivity contribution is -0.145. The number of carbonyl (C=O) groups is 2. The zero-order chi connectivity index (χ0) is 13.7. The predicted molar refractivity (Wildman–Crippen MR) is 68.8 cm³/mol. The minimum atomic E-state index is -0.483. The quantitative estimate of drug-likeness (QED) is 0.759. The predicted octanol–water partition coefficient (Wildman–Crippen LogP) is 0.914. The molecular weight excluding hydrogens is 232 g/mol. The molecule has 2 N–H and O–H groups in total. The van der Waals surface area contributed by atoms with E-state index in [9.17, 15) is 9.59 Å². The summed E-state index contributed by atoms with van der Waals surface area (Å²) in [7, 11) is 1.37. The molecule has 2 unspecified atom stereocenters. The maximum Gasteiger partial charge on any atom is 0.307 e. The zero-order valence-electron chi connectivity index (χ0n) is 11.5. The lowest BCUT2D eigenvalue weighted by Gasteiger charge is -2.37. The largest absolute Gasteiger partial charge is 0.469 e. The van der Waals surface area contributed by atoms with E-state index in [1.54, 1.807) is 4.90 Å². The van der Waals surface area contributed by atoms with Crippen molar-refractivity contribution in [1.82, 2.24) is 4.90 Å². The smallest absolute Gasteiger partial charge is 0.307 e. The van der Waals surface area contributed by atoms with Crippen LogP contribution < -0.4 is 5.73 Å². The van der Waals surface area contributed by atoms with E-state index in [1.165, 1.54) is 7.11 Å². The second-order valence-corrected chi connectivity index (χ2v) is 5.23. The van der Waals surface area contributed by atoms with Gasteiger partial charge in [0.2, 0.25) is 5.91 Å². The molecule has 1 fully saturated rings. The number of carbonyl (C=O) groups excluding carboxylic acids is 2. The second kappa shape index (κ2) is 6.73. The van der Waals surface area contributed by atoms with Crippen LogP contribution in [-0.2, 0) is 14.3 Å². The average molecular weight is 256 g/mol. The highest BCUT2D eigenvalue weighted by Gasteiger charge is 2.32. The molecule has 1 rings (SSSR count). The second-order valence-electron chi connectivity index (χ2n) is 5.23. The van der Waals surface area contributed by atoms with Gasteiger partial charge in [0, 0.05) is 12.6 Å². The van der Waals surface area contributed by atoms with Gasteiger partial charge in [-0.1, -0.05) is 13.8 Å². The van der Waals surface area contributed by atoms with E-state index in [0.717, 1.165) is 19.3 Å². The first-order valence-corrected chi connectivity index (χ1v) is 6.60. The number of likely N-dealkylation sites (tertiary alicyclic amines) is 1. The third-order valence-electron chi connectivity index (χ3n) is 3.54. The molecule has 18 heavy (non-hydrogen) atoms. The van der Waals surface area contributed by atoms with Crippen molar-refractivity contribution in [2.75, 3.05) is 13.7 Å². The molecule has 5 nitrogen and oxygen atoms in total. The Balaban J connectivity index is 2.69. The lowest BCUT2D eigenvalue weighted by Crippen LogP contribution is -2.52. The SMILES string of the molecule is COC(=O)CC1CCCCN1C(=O)C(N)C(C)C. The normalized spacial score (nSPS) is 21.8. The third-order valence-corrected chi connectivity index (χ3v) is 3.54. The van der Waals surface area contributed by atoms with Gasteiger partial charge < -0.3 is 15.4 Å². The minimum absolute atomic E-state index is 0.0430. The van der Waals surface area contributed by atoms with Gasteiger partial charge in [-0.2, -0.15) is 0 Å². The van der Waals surface area contributed by atoms with Crippen LogP contribution in [-0.4, -0.2) is 42.5 Å². The van der Waals surface area contributed by atoms with Crippen LogP contribution in [0.1, 0.15) is 39.5 Å². The molecule has 1 heterocycles. The van der Waals surface area contributed by atoms with E-state index in [4.69, 9.17) is 5.73 Å². The number of methoxy groups -OCH3 is 1. The number of hydrogen-bond donors (Lipinski definition) is 1. The Kier molecular flexibility index (Phi) is 5.59. The van der Waals surface area contributed by atoms with E-state index in [0.29, 0.717) is 6.54 Å². The zero-order valence-corrected chi connectivity index (χ0v) is 11.5. The van der Waals surface area contributed by atoms with Crippen molar-refractivity contribution in [3.63, 3.8) is 0 Å². The highest BCUT2D eigenvalue weighted by molar-refractivity contribution is 5.83. The van der Waals surface area contributed by atoms with Crippen LogP contribution in [0.3, 0.4) is 0 Å². The molecule has 0 spiro atoms. The fourth-order valence-corrected chi connectivity index (χ4v) is 2.26. The lowest BCUT2D eigenvalue weighted by atomic mass is 9.96. The molecule has 1 amide bonds. The van der Waals surface area contributed by atoms with Gasteiger partial charge in [-0.05, 0) is 25.2 Å². The summed E-state index contributed by atoms with van der Waals surface area (Å²) in [5.41, 5.74) is 5.91. The van der Waals surface area contributed by atoms with Gasteiger partial charge in [-0.15, -0.1) is 0 Å². The Morgan fingerprint density at radius 3 is 2.61 bits per heavy atom. The molecule has 0 aromatic heterocycles. The van der Waals surface area contributed by atoms with Gasteiger partial charge in [-0.3, -0.25) is 9.59 Å². The number of piperidine rings is 1. The third kappa shape index (κ3) is 3.70. The number of esters is 1. The van der Waals surface area contributed by atoms with E-state index < -0.39 is 6.04 Å². The molecule has 5 heteroatoms. The van der Waals surface area contributed by atoms with Crippen molar-refractivity contribution in [1.29, 1.82) is 0 Å². The summed E-state index contributed by atoms with van der Waals surface area (Å²) in [5.74, 6) is -0.199. The van der Waals surface area contributed by atoms with E-state index in [2.05, 4.69) is 4.74 Å². The Hall–Kier alpha value is -1.10. The van der Waals surface area contributed by atoms with Crippen LogP contribution in [0.5, 0.6) is 0 Å². The summed E-state index contributed by atoms with van der Waals surface area (Å²) in [4.78, 5) is 25.4. The van der Waals surface area contributed by atoms with Gasteiger partial charge in [0.1, 0.15) is 0 Å².